The number of hydrogen-bond acceptors (Lipinski definition) is 2. The van der Waals surface area contributed by atoms with E-state index in [0.29, 0.717) is 6.42 Å². The molecule has 3 heteroatoms. The average molecular weight is 388 g/mol. The maximum atomic E-state index is 12.1. The van der Waals surface area contributed by atoms with E-state index in [9.17, 15) is 9.90 Å². The number of fused-ring (bicyclic) bond motifs is 2. The number of aliphatic carboxylic acids is 1. The van der Waals surface area contributed by atoms with E-state index in [1.807, 2.05) is 6.92 Å². The Kier molecular flexibility index (Phi) is 5.40. The van der Waals surface area contributed by atoms with Crippen LogP contribution in [0.3, 0.4) is 0 Å². The minimum Gasteiger partial charge on any atom is -0.481 e. The van der Waals surface area contributed by atoms with Gasteiger partial charge in [-0.3, -0.25) is 4.79 Å². The molecule has 1 aliphatic rings. The average Bonchev–Trinajstić information content (AvgIpc) is 2.71. The number of hydrogen-bond donors (Lipinski definition) is 1. The quantitative estimate of drug-likeness (QED) is 0.554. The van der Waals surface area contributed by atoms with Gasteiger partial charge in [0, 0.05) is 10.9 Å². The lowest BCUT2D eigenvalue weighted by molar-refractivity contribution is -0.139. The molecule has 0 saturated carbocycles. The highest BCUT2D eigenvalue weighted by Crippen LogP contribution is 2.36. The first-order valence-electron chi connectivity index (χ1n) is 10.7. The number of carboxylic acids is 1. The number of rotatable bonds is 5. The molecule has 0 fully saturated rings. The summed E-state index contributed by atoms with van der Waals surface area (Å²) in [4.78, 5) is 17.2. The lowest BCUT2D eigenvalue weighted by Gasteiger charge is -2.20. The van der Waals surface area contributed by atoms with Crippen molar-refractivity contribution in [2.45, 2.75) is 65.2 Å². The zero-order valence-electron chi connectivity index (χ0n) is 17.6. The summed E-state index contributed by atoms with van der Waals surface area (Å²) in [6.07, 6.45) is 6.13. The third-order valence-electron chi connectivity index (χ3n) is 6.34. The molecule has 0 spiro atoms. The predicted octanol–water partition coefficient (Wildman–Crippen LogP) is 6.37. The fraction of sp³-hybridized carbons (Fsp3) is 0.385. The molecule has 1 unspecified atom stereocenters. The van der Waals surface area contributed by atoms with Crippen LogP contribution in [0, 0.1) is 13.8 Å². The van der Waals surface area contributed by atoms with Gasteiger partial charge in [-0.2, -0.15) is 0 Å². The van der Waals surface area contributed by atoms with E-state index in [0.717, 1.165) is 47.0 Å². The van der Waals surface area contributed by atoms with Gasteiger partial charge in [-0.25, -0.2) is 4.98 Å². The van der Waals surface area contributed by atoms with Gasteiger partial charge in [-0.1, -0.05) is 25.5 Å². The number of nitrogens with zero attached hydrogens (tertiary/aromatic N) is 1. The van der Waals surface area contributed by atoms with E-state index >= 15 is 0 Å². The van der Waals surface area contributed by atoms with Crippen LogP contribution in [0.2, 0.25) is 0 Å². The second-order valence-electron chi connectivity index (χ2n) is 8.43. The molecule has 1 atom stereocenters. The highest BCUT2D eigenvalue weighted by Gasteiger charge is 2.25. The van der Waals surface area contributed by atoms with Crippen molar-refractivity contribution in [1.82, 2.24) is 4.98 Å². The minimum absolute atomic E-state index is 0.537. The molecule has 4 rings (SSSR count). The van der Waals surface area contributed by atoms with Crippen molar-refractivity contribution in [3.05, 3.63) is 64.2 Å². The number of carboxylic acid groups (broad SMARTS) is 1. The molecule has 29 heavy (non-hydrogen) atoms. The third-order valence-corrected chi connectivity index (χ3v) is 6.34. The summed E-state index contributed by atoms with van der Waals surface area (Å²) >= 11 is 0. The summed E-state index contributed by atoms with van der Waals surface area (Å²) in [5.74, 6) is -1.31. The van der Waals surface area contributed by atoms with E-state index in [1.165, 1.54) is 35.1 Å². The van der Waals surface area contributed by atoms with Crippen molar-refractivity contribution in [2.24, 2.45) is 0 Å². The first-order chi connectivity index (χ1) is 14.0. The summed E-state index contributed by atoms with van der Waals surface area (Å²) in [7, 11) is 0. The summed E-state index contributed by atoms with van der Waals surface area (Å²) in [5, 5.41) is 11.0. The van der Waals surface area contributed by atoms with Crippen LogP contribution in [0.4, 0.5) is 0 Å². The monoisotopic (exact) mass is 387 g/mol. The molecule has 1 heterocycles. The van der Waals surface area contributed by atoms with Crippen LogP contribution in [0.5, 0.6) is 0 Å². The van der Waals surface area contributed by atoms with Crippen LogP contribution >= 0.6 is 0 Å². The summed E-state index contributed by atoms with van der Waals surface area (Å²) in [5.41, 5.74) is 8.87. The Balaban J connectivity index is 1.97. The molecule has 0 aliphatic heterocycles. The van der Waals surface area contributed by atoms with Crippen molar-refractivity contribution in [1.29, 1.82) is 0 Å². The summed E-state index contributed by atoms with van der Waals surface area (Å²) in [6.45, 7) is 6.23. The van der Waals surface area contributed by atoms with Crippen molar-refractivity contribution >= 4 is 16.9 Å². The Hall–Kier alpha value is -2.68. The van der Waals surface area contributed by atoms with Gasteiger partial charge in [0.05, 0.1) is 17.1 Å². The zero-order valence-corrected chi connectivity index (χ0v) is 17.6. The van der Waals surface area contributed by atoms with Crippen LogP contribution in [0.25, 0.3) is 22.2 Å². The van der Waals surface area contributed by atoms with E-state index in [2.05, 4.69) is 50.2 Å². The zero-order chi connectivity index (χ0) is 20.5. The summed E-state index contributed by atoms with van der Waals surface area (Å²) in [6, 6.07) is 12.9. The summed E-state index contributed by atoms with van der Waals surface area (Å²) < 4.78 is 0. The molecular formula is C26H29NO2. The topological polar surface area (TPSA) is 50.2 Å². The lowest BCUT2D eigenvalue weighted by atomic mass is 9.87. The molecule has 1 aliphatic carbocycles. The van der Waals surface area contributed by atoms with Crippen molar-refractivity contribution in [2.75, 3.05) is 0 Å². The molecule has 1 N–H and O–H groups in total. The highest BCUT2D eigenvalue weighted by atomic mass is 16.4. The number of aromatic nitrogens is 1. The molecule has 3 nitrogen and oxygen atoms in total. The number of aryl methyl sites for hydroxylation is 4. The Bertz CT molecular complexity index is 1080. The van der Waals surface area contributed by atoms with Crippen LogP contribution in [-0.4, -0.2) is 16.1 Å². The number of pyridine rings is 1. The van der Waals surface area contributed by atoms with Gasteiger partial charge in [0.1, 0.15) is 0 Å². The van der Waals surface area contributed by atoms with E-state index in [-0.39, 0.29) is 0 Å². The Morgan fingerprint density at radius 3 is 2.41 bits per heavy atom. The van der Waals surface area contributed by atoms with E-state index in [4.69, 9.17) is 4.98 Å². The smallest absolute Gasteiger partial charge is 0.311 e. The van der Waals surface area contributed by atoms with Gasteiger partial charge in [-0.15, -0.1) is 0 Å². The van der Waals surface area contributed by atoms with Gasteiger partial charge >= 0.3 is 5.97 Å². The Morgan fingerprint density at radius 1 is 1.03 bits per heavy atom. The van der Waals surface area contributed by atoms with Crippen molar-refractivity contribution in [3.63, 3.8) is 0 Å². The normalized spacial score (nSPS) is 14.6. The molecule has 3 aromatic rings. The molecular weight excluding hydrogens is 358 g/mol. The first-order valence-corrected chi connectivity index (χ1v) is 10.7. The molecule has 0 amide bonds. The van der Waals surface area contributed by atoms with E-state index in [1.54, 1.807) is 0 Å². The molecule has 0 bridgehead atoms. The van der Waals surface area contributed by atoms with Gasteiger partial charge in [-0.05, 0) is 98.0 Å². The standard InChI is InChI=1S/C26H29NO2/c1-4-7-22(26(28)29)23-14-21-13-18-8-5-6-9-19(18)15-24(21)27-25(23)20-11-10-16(2)17(3)12-20/h10-15,22H,4-9H2,1-3H3,(H,28,29). The number of carbonyl (C=O) groups is 1. The fourth-order valence-corrected chi connectivity index (χ4v) is 4.51. The van der Waals surface area contributed by atoms with Crippen molar-refractivity contribution < 1.29 is 9.90 Å². The molecule has 1 aromatic heterocycles. The van der Waals surface area contributed by atoms with Crippen LogP contribution in [0.1, 0.15) is 66.3 Å². The number of benzene rings is 2. The molecule has 0 saturated heterocycles. The largest absolute Gasteiger partial charge is 0.481 e. The van der Waals surface area contributed by atoms with Gasteiger partial charge in [0.25, 0.3) is 0 Å². The third kappa shape index (κ3) is 3.78. The van der Waals surface area contributed by atoms with Gasteiger partial charge in [0.15, 0.2) is 0 Å². The van der Waals surface area contributed by atoms with Gasteiger partial charge in [0.2, 0.25) is 0 Å². The lowest BCUT2D eigenvalue weighted by Crippen LogP contribution is -2.14. The van der Waals surface area contributed by atoms with Crippen molar-refractivity contribution in [3.8, 4) is 11.3 Å². The maximum absolute atomic E-state index is 12.1. The first kappa shape index (κ1) is 19.6. The highest BCUT2D eigenvalue weighted by molar-refractivity contribution is 5.88. The maximum Gasteiger partial charge on any atom is 0.311 e. The van der Waals surface area contributed by atoms with Gasteiger partial charge < -0.3 is 5.11 Å². The SMILES string of the molecule is CCCC(C(=O)O)c1cc2cc3c(cc2nc1-c1ccc(C)c(C)c1)CCCC3. The molecule has 0 radical (unpaired) electrons. The second kappa shape index (κ2) is 7.98. The van der Waals surface area contributed by atoms with Crippen LogP contribution in [-0.2, 0) is 17.6 Å². The minimum atomic E-state index is -0.768. The molecule has 150 valence electrons. The Morgan fingerprint density at radius 2 is 1.76 bits per heavy atom. The Labute approximate surface area is 172 Å². The van der Waals surface area contributed by atoms with Crippen LogP contribution in [0.15, 0.2) is 36.4 Å². The predicted molar refractivity (Wildman–Crippen MR) is 119 cm³/mol. The van der Waals surface area contributed by atoms with Crippen LogP contribution < -0.4 is 0 Å². The fourth-order valence-electron chi connectivity index (χ4n) is 4.51. The van der Waals surface area contributed by atoms with E-state index < -0.39 is 11.9 Å². The second-order valence-corrected chi connectivity index (χ2v) is 8.43. The molecule has 2 aromatic carbocycles.